The third kappa shape index (κ3) is 5.96. The second-order valence-corrected chi connectivity index (χ2v) is 7.00. The van der Waals surface area contributed by atoms with Crippen LogP contribution in [0, 0.1) is 5.92 Å². The van der Waals surface area contributed by atoms with E-state index in [0.717, 1.165) is 25.7 Å². The molecule has 1 saturated carbocycles. The standard InChI is InChI=1S/C19H29N3O2/c1-4-5-14-6-8-15(9-7-14)18(13(2)3)20-12-17(23)22-19(24)21-16-10-11-16/h6-9,13,16,18,20H,4-5,10-12H2,1-3H3,(H2,21,22,23,24)/p+1/t18-/m1/s1. The van der Waals surface area contributed by atoms with Crippen LogP contribution in [0.4, 0.5) is 4.79 Å². The molecule has 1 aliphatic rings. The van der Waals surface area contributed by atoms with E-state index in [9.17, 15) is 9.59 Å². The number of aryl methyl sites for hydroxylation is 1. The molecule has 1 aliphatic carbocycles. The summed E-state index contributed by atoms with van der Waals surface area (Å²) >= 11 is 0. The van der Waals surface area contributed by atoms with Gasteiger partial charge in [-0.1, -0.05) is 51.5 Å². The van der Waals surface area contributed by atoms with E-state index in [2.05, 4.69) is 55.7 Å². The van der Waals surface area contributed by atoms with Crippen molar-refractivity contribution >= 4 is 11.9 Å². The minimum atomic E-state index is -0.374. The Kier molecular flexibility index (Phi) is 6.79. The van der Waals surface area contributed by atoms with Crippen LogP contribution in [-0.2, 0) is 11.2 Å². The predicted molar refractivity (Wildman–Crippen MR) is 94.5 cm³/mol. The van der Waals surface area contributed by atoms with E-state index in [0.29, 0.717) is 5.92 Å². The molecule has 0 spiro atoms. The molecule has 5 nitrogen and oxygen atoms in total. The van der Waals surface area contributed by atoms with Crippen LogP contribution >= 0.6 is 0 Å². The molecule has 132 valence electrons. The molecule has 2 rings (SSSR count). The third-order valence-electron chi connectivity index (χ3n) is 4.34. The van der Waals surface area contributed by atoms with Gasteiger partial charge in [0.15, 0.2) is 6.54 Å². The SMILES string of the molecule is CCCc1ccc([C@H]([NH2+]CC(=O)NC(=O)NC2CC2)C(C)C)cc1. The second kappa shape index (κ2) is 8.83. The topological polar surface area (TPSA) is 74.8 Å². The van der Waals surface area contributed by atoms with Gasteiger partial charge in [0.05, 0.1) is 0 Å². The smallest absolute Gasteiger partial charge is 0.321 e. The Morgan fingerprint density at radius 2 is 1.88 bits per heavy atom. The largest absolute Gasteiger partial charge is 0.335 e. The predicted octanol–water partition coefficient (Wildman–Crippen LogP) is 1.89. The van der Waals surface area contributed by atoms with Gasteiger partial charge in [0, 0.05) is 17.5 Å². The van der Waals surface area contributed by atoms with Crippen molar-refractivity contribution in [2.24, 2.45) is 5.92 Å². The van der Waals surface area contributed by atoms with Crippen LogP contribution in [0.2, 0.25) is 0 Å². The maximum atomic E-state index is 11.9. The number of nitrogens with two attached hydrogens (primary N) is 1. The summed E-state index contributed by atoms with van der Waals surface area (Å²) in [6, 6.07) is 8.75. The van der Waals surface area contributed by atoms with Crippen molar-refractivity contribution in [2.75, 3.05) is 6.54 Å². The number of urea groups is 1. The summed E-state index contributed by atoms with van der Waals surface area (Å²) in [7, 11) is 0. The van der Waals surface area contributed by atoms with Gasteiger partial charge in [-0.05, 0) is 24.8 Å². The molecule has 1 atom stereocenters. The first-order valence-electron chi connectivity index (χ1n) is 9.02. The molecule has 0 saturated heterocycles. The number of benzene rings is 1. The summed E-state index contributed by atoms with van der Waals surface area (Å²) in [5, 5.41) is 7.18. The van der Waals surface area contributed by atoms with Gasteiger partial charge < -0.3 is 10.6 Å². The fourth-order valence-corrected chi connectivity index (χ4v) is 2.85. The lowest BCUT2D eigenvalue weighted by atomic mass is 9.94. The summed E-state index contributed by atoms with van der Waals surface area (Å²) < 4.78 is 0. The molecule has 1 aromatic rings. The number of quaternary nitrogens is 1. The number of carbonyl (C=O) groups excluding carboxylic acids is 2. The fourth-order valence-electron chi connectivity index (χ4n) is 2.85. The van der Waals surface area contributed by atoms with Gasteiger partial charge in [-0.15, -0.1) is 0 Å². The number of imide groups is 1. The van der Waals surface area contributed by atoms with Gasteiger partial charge >= 0.3 is 6.03 Å². The lowest BCUT2D eigenvalue weighted by Crippen LogP contribution is -2.88. The molecule has 0 unspecified atom stereocenters. The fraction of sp³-hybridized carbons (Fsp3) is 0.579. The number of carbonyl (C=O) groups is 2. The van der Waals surface area contributed by atoms with E-state index < -0.39 is 0 Å². The lowest BCUT2D eigenvalue weighted by Gasteiger charge is -2.19. The number of nitrogens with one attached hydrogen (secondary N) is 2. The maximum absolute atomic E-state index is 11.9. The minimum absolute atomic E-state index is 0.206. The Morgan fingerprint density at radius 1 is 1.21 bits per heavy atom. The average molecular weight is 332 g/mol. The molecule has 0 radical (unpaired) electrons. The highest BCUT2D eigenvalue weighted by Crippen LogP contribution is 2.19. The van der Waals surface area contributed by atoms with Crippen LogP contribution in [0.5, 0.6) is 0 Å². The van der Waals surface area contributed by atoms with Gasteiger partial charge in [0.2, 0.25) is 0 Å². The molecule has 0 aliphatic heterocycles. The van der Waals surface area contributed by atoms with E-state index in [1.165, 1.54) is 11.1 Å². The van der Waals surface area contributed by atoms with Crippen molar-refractivity contribution in [3.05, 3.63) is 35.4 Å². The average Bonchev–Trinajstić information content (AvgIpc) is 3.32. The Labute approximate surface area is 144 Å². The number of rotatable bonds is 8. The summed E-state index contributed by atoms with van der Waals surface area (Å²) in [6.45, 7) is 6.73. The van der Waals surface area contributed by atoms with Gasteiger partial charge in [0.25, 0.3) is 5.91 Å². The van der Waals surface area contributed by atoms with Crippen LogP contribution in [0.25, 0.3) is 0 Å². The minimum Gasteiger partial charge on any atom is -0.335 e. The Bertz CT molecular complexity index is 550. The van der Waals surface area contributed by atoms with Crippen molar-refractivity contribution in [3.8, 4) is 0 Å². The van der Waals surface area contributed by atoms with Crippen LogP contribution in [0.3, 0.4) is 0 Å². The molecule has 5 heteroatoms. The highest BCUT2D eigenvalue weighted by molar-refractivity contribution is 5.94. The van der Waals surface area contributed by atoms with Gasteiger partial charge in [-0.3, -0.25) is 10.1 Å². The first kappa shape index (κ1) is 18.5. The first-order valence-corrected chi connectivity index (χ1v) is 9.02. The highest BCUT2D eigenvalue weighted by atomic mass is 16.2. The zero-order valence-electron chi connectivity index (χ0n) is 15.0. The molecule has 24 heavy (non-hydrogen) atoms. The molecule has 3 amide bonds. The molecule has 1 fully saturated rings. The van der Waals surface area contributed by atoms with Crippen molar-refractivity contribution in [1.82, 2.24) is 10.6 Å². The molecule has 4 N–H and O–H groups in total. The van der Waals surface area contributed by atoms with E-state index in [1.807, 2.05) is 5.32 Å². The zero-order valence-corrected chi connectivity index (χ0v) is 15.0. The van der Waals surface area contributed by atoms with Crippen molar-refractivity contribution < 1.29 is 14.9 Å². The Morgan fingerprint density at radius 3 is 2.42 bits per heavy atom. The van der Waals surface area contributed by atoms with E-state index in [1.54, 1.807) is 0 Å². The van der Waals surface area contributed by atoms with Crippen LogP contribution < -0.4 is 16.0 Å². The van der Waals surface area contributed by atoms with Crippen molar-refractivity contribution in [2.45, 2.75) is 58.5 Å². The summed E-state index contributed by atoms with van der Waals surface area (Å²) in [4.78, 5) is 23.5. The maximum Gasteiger partial charge on any atom is 0.321 e. The van der Waals surface area contributed by atoms with Gasteiger partial charge in [-0.25, -0.2) is 4.79 Å². The normalized spacial score (nSPS) is 15.2. The number of hydrogen-bond donors (Lipinski definition) is 3. The van der Waals surface area contributed by atoms with Crippen LogP contribution in [-0.4, -0.2) is 24.5 Å². The van der Waals surface area contributed by atoms with E-state index >= 15 is 0 Å². The second-order valence-electron chi connectivity index (χ2n) is 7.00. The molecular formula is C19H30N3O2+. The third-order valence-corrected chi connectivity index (χ3v) is 4.34. The van der Waals surface area contributed by atoms with E-state index in [4.69, 9.17) is 0 Å². The highest BCUT2D eigenvalue weighted by Gasteiger charge is 2.25. The number of hydrogen-bond acceptors (Lipinski definition) is 2. The zero-order chi connectivity index (χ0) is 17.5. The lowest BCUT2D eigenvalue weighted by molar-refractivity contribution is -0.692. The Balaban J connectivity index is 1.85. The molecule has 1 aromatic carbocycles. The molecule has 0 aromatic heterocycles. The monoisotopic (exact) mass is 332 g/mol. The summed E-state index contributed by atoms with van der Waals surface area (Å²) in [6.07, 6.45) is 4.26. The quantitative estimate of drug-likeness (QED) is 0.680. The summed E-state index contributed by atoms with van der Waals surface area (Å²) in [5.41, 5.74) is 2.57. The molecule has 0 heterocycles. The molecule has 0 bridgehead atoms. The first-order chi connectivity index (χ1) is 11.5. The van der Waals surface area contributed by atoms with E-state index in [-0.39, 0.29) is 30.6 Å². The van der Waals surface area contributed by atoms with Gasteiger partial charge in [0.1, 0.15) is 6.04 Å². The van der Waals surface area contributed by atoms with Crippen LogP contribution in [0.15, 0.2) is 24.3 Å². The van der Waals surface area contributed by atoms with Crippen molar-refractivity contribution in [1.29, 1.82) is 0 Å². The van der Waals surface area contributed by atoms with Gasteiger partial charge in [-0.2, -0.15) is 0 Å². The Hall–Kier alpha value is -1.88. The summed E-state index contributed by atoms with van der Waals surface area (Å²) in [5.74, 6) is 0.150. The molecular weight excluding hydrogens is 302 g/mol. The number of amides is 3. The van der Waals surface area contributed by atoms with Crippen LogP contribution in [0.1, 0.15) is 57.2 Å². The van der Waals surface area contributed by atoms with Crippen molar-refractivity contribution in [3.63, 3.8) is 0 Å².